The number of hydrogen-bond acceptors (Lipinski definition) is 5. The Hall–Kier alpha value is -2.42. The molecule has 154 valence electrons. The van der Waals surface area contributed by atoms with Crippen molar-refractivity contribution < 1.29 is 27.2 Å². The maximum absolute atomic E-state index is 12.8. The summed E-state index contributed by atoms with van der Waals surface area (Å²) in [5.74, 6) is -1.68. The summed E-state index contributed by atoms with van der Waals surface area (Å²) < 4.78 is 47.1. The third kappa shape index (κ3) is 5.54. The van der Waals surface area contributed by atoms with Crippen LogP contribution in [-0.2, 0) is 22.3 Å². The van der Waals surface area contributed by atoms with E-state index in [4.69, 9.17) is 4.74 Å². The van der Waals surface area contributed by atoms with Crippen molar-refractivity contribution in [3.8, 4) is 11.4 Å². The van der Waals surface area contributed by atoms with Crippen LogP contribution in [0.3, 0.4) is 0 Å². The van der Waals surface area contributed by atoms with Gasteiger partial charge in [0.25, 0.3) is 0 Å². The monoisotopic (exact) mass is 399 g/mol. The molecule has 1 heterocycles. The topological polar surface area (TPSA) is 68.5 Å². The Labute approximate surface area is 161 Å². The number of benzene rings is 1. The number of hydrogen-bond donors (Lipinski definition) is 0. The van der Waals surface area contributed by atoms with Gasteiger partial charge in [0, 0.05) is 25.8 Å². The highest BCUT2D eigenvalue weighted by atomic mass is 19.4. The largest absolute Gasteiger partial charge is 0.471 e. The van der Waals surface area contributed by atoms with Crippen LogP contribution in [0.25, 0.3) is 11.4 Å². The number of alkyl halides is 3. The van der Waals surface area contributed by atoms with E-state index >= 15 is 0 Å². The van der Waals surface area contributed by atoms with E-state index < -0.39 is 12.1 Å². The second-order valence-electron chi connectivity index (χ2n) is 6.44. The number of amides is 1. The average molecular weight is 399 g/mol. The van der Waals surface area contributed by atoms with Crippen molar-refractivity contribution in [3.05, 3.63) is 35.7 Å². The van der Waals surface area contributed by atoms with Crippen LogP contribution >= 0.6 is 0 Å². The molecule has 0 spiro atoms. The molecule has 1 unspecified atom stereocenters. The molecular weight excluding hydrogens is 375 g/mol. The van der Waals surface area contributed by atoms with E-state index in [9.17, 15) is 18.0 Å². The minimum atomic E-state index is -4.68. The maximum atomic E-state index is 12.8. The summed E-state index contributed by atoms with van der Waals surface area (Å²) in [6.07, 6.45) is -3.17. The fourth-order valence-electron chi connectivity index (χ4n) is 2.80. The van der Waals surface area contributed by atoms with E-state index in [1.54, 1.807) is 36.3 Å². The molecule has 9 heteroatoms. The van der Waals surface area contributed by atoms with Crippen LogP contribution in [0.1, 0.15) is 38.1 Å². The molecule has 2 aromatic rings. The van der Waals surface area contributed by atoms with Gasteiger partial charge in [-0.05, 0) is 18.4 Å². The van der Waals surface area contributed by atoms with E-state index in [-0.39, 0.29) is 17.6 Å². The first-order valence-electron chi connectivity index (χ1n) is 9.08. The lowest BCUT2D eigenvalue weighted by atomic mass is 10.0. The van der Waals surface area contributed by atoms with Crippen molar-refractivity contribution >= 4 is 5.91 Å². The van der Waals surface area contributed by atoms with Gasteiger partial charge in [0.15, 0.2) is 0 Å². The van der Waals surface area contributed by atoms with Gasteiger partial charge in [-0.3, -0.25) is 4.79 Å². The summed E-state index contributed by atoms with van der Waals surface area (Å²) in [6, 6.07) is 6.71. The second-order valence-corrected chi connectivity index (χ2v) is 6.44. The van der Waals surface area contributed by atoms with E-state index in [0.717, 1.165) is 12.0 Å². The number of rotatable bonds is 9. The number of ether oxygens (including phenoxy) is 1. The molecule has 0 bridgehead atoms. The van der Waals surface area contributed by atoms with E-state index in [2.05, 4.69) is 14.7 Å². The Morgan fingerprint density at radius 3 is 2.43 bits per heavy atom. The van der Waals surface area contributed by atoms with Crippen LogP contribution < -0.4 is 0 Å². The van der Waals surface area contributed by atoms with E-state index in [1.807, 2.05) is 13.8 Å². The predicted octanol–water partition coefficient (Wildman–Crippen LogP) is 4.17. The van der Waals surface area contributed by atoms with Crippen LogP contribution in [0.4, 0.5) is 13.2 Å². The Morgan fingerprint density at radius 1 is 1.25 bits per heavy atom. The summed E-state index contributed by atoms with van der Waals surface area (Å²) in [5.41, 5.74) is 1.26. The van der Waals surface area contributed by atoms with Gasteiger partial charge in [-0.25, -0.2) is 0 Å². The van der Waals surface area contributed by atoms with Crippen molar-refractivity contribution in [2.45, 2.75) is 39.4 Å². The lowest BCUT2D eigenvalue weighted by Crippen LogP contribution is -2.37. The minimum Gasteiger partial charge on any atom is -0.384 e. The molecule has 0 saturated carbocycles. The Bertz CT molecular complexity index is 760. The SMILES string of the molecule is CCCN(Cc1ccc(-c2noc(C(F)(F)F)n2)cc1)C(=O)C(CC)COC. The predicted molar refractivity (Wildman–Crippen MR) is 96.1 cm³/mol. The summed E-state index contributed by atoms with van der Waals surface area (Å²) in [5, 5.41) is 3.37. The lowest BCUT2D eigenvalue weighted by molar-refractivity contribution is -0.159. The molecule has 0 aliphatic heterocycles. The summed E-state index contributed by atoms with van der Waals surface area (Å²) in [7, 11) is 1.57. The zero-order valence-corrected chi connectivity index (χ0v) is 16.1. The number of carbonyl (C=O) groups excluding carboxylic acids is 1. The third-order valence-electron chi connectivity index (χ3n) is 4.27. The molecule has 2 rings (SSSR count). The van der Waals surface area contributed by atoms with Crippen LogP contribution in [0.5, 0.6) is 0 Å². The molecule has 0 aliphatic rings. The van der Waals surface area contributed by atoms with Crippen LogP contribution in [0.15, 0.2) is 28.8 Å². The molecule has 0 saturated heterocycles. The molecule has 0 aliphatic carbocycles. The molecule has 1 aromatic heterocycles. The van der Waals surface area contributed by atoms with Crippen molar-refractivity contribution in [2.75, 3.05) is 20.3 Å². The van der Waals surface area contributed by atoms with Crippen molar-refractivity contribution in [2.24, 2.45) is 5.92 Å². The molecule has 1 aromatic carbocycles. The highest BCUT2D eigenvalue weighted by molar-refractivity contribution is 5.79. The minimum absolute atomic E-state index is 0.0308. The fraction of sp³-hybridized carbons (Fsp3) is 0.526. The third-order valence-corrected chi connectivity index (χ3v) is 4.27. The first-order chi connectivity index (χ1) is 13.3. The maximum Gasteiger partial charge on any atom is 0.471 e. The van der Waals surface area contributed by atoms with E-state index in [0.29, 0.717) is 31.7 Å². The number of methoxy groups -OCH3 is 1. The van der Waals surface area contributed by atoms with Gasteiger partial charge in [-0.1, -0.05) is 43.3 Å². The molecule has 0 fully saturated rings. The number of carbonyl (C=O) groups is 1. The van der Waals surface area contributed by atoms with Gasteiger partial charge in [-0.2, -0.15) is 18.2 Å². The fourth-order valence-corrected chi connectivity index (χ4v) is 2.80. The molecular formula is C19H24F3N3O3. The molecule has 28 heavy (non-hydrogen) atoms. The Balaban J connectivity index is 2.12. The van der Waals surface area contributed by atoms with E-state index in [1.165, 1.54) is 0 Å². The Morgan fingerprint density at radius 2 is 1.93 bits per heavy atom. The highest BCUT2D eigenvalue weighted by Crippen LogP contribution is 2.29. The van der Waals surface area contributed by atoms with Gasteiger partial charge in [-0.15, -0.1) is 0 Å². The molecule has 0 N–H and O–H groups in total. The summed E-state index contributed by atoms with van der Waals surface area (Å²) >= 11 is 0. The van der Waals surface area contributed by atoms with Crippen molar-refractivity contribution in [3.63, 3.8) is 0 Å². The normalized spacial score (nSPS) is 12.8. The van der Waals surface area contributed by atoms with Crippen LogP contribution in [-0.4, -0.2) is 41.2 Å². The number of halogens is 3. The van der Waals surface area contributed by atoms with Gasteiger partial charge in [0.1, 0.15) is 0 Å². The van der Waals surface area contributed by atoms with Crippen molar-refractivity contribution in [1.82, 2.24) is 15.0 Å². The van der Waals surface area contributed by atoms with Crippen molar-refractivity contribution in [1.29, 1.82) is 0 Å². The molecule has 1 atom stereocenters. The smallest absolute Gasteiger partial charge is 0.384 e. The number of nitrogens with zero attached hydrogens (tertiary/aromatic N) is 3. The van der Waals surface area contributed by atoms with Gasteiger partial charge < -0.3 is 14.2 Å². The zero-order valence-electron chi connectivity index (χ0n) is 16.1. The zero-order chi connectivity index (χ0) is 20.7. The van der Waals surface area contributed by atoms with Crippen LogP contribution in [0, 0.1) is 5.92 Å². The number of aromatic nitrogens is 2. The lowest BCUT2D eigenvalue weighted by Gasteiger charge is -2.26. The molecule has 1 amide bonds. The first-order valence-corrected chi connectivity index (χ1v) is 9.08. The molecule has 6 nitrogen and oxygen atoms in total. The van der Waals surface area contributed by atoms with Gasteiger partial charge in [0.05, 0.1) is 12.5 Å². The van der Waals surface area contributed by atoms with Gasteiger partial charge in [0.2, 0.25) is 11.7 Å². The quantitative estimate of drug-likeness (QED) is 0.633. The summed E-state index contributed by atoms with van der Waals surface area (Å²) in [6.45, 7) is 5.33. The Kier molecular flexibility index (Phi) is 7.56. The second kappa shape index (κ2) is 9.68. The highest BCUT2D eigenvalue weighted by Gasteiger charge is 2.38. The summed E-state index contributed by atoms with van der Waals surface area (Å²) in [4.78, 5) is 17.9. The standard InChI is InChI=1S/C19H24F3N3O3/c1-4-10-25(17(26)14(5-2)12-27-3)11-13-6-8-15(9-7-13)16-23-18(28-24-16)19(20,21)22/h6-9,14H,4-5,10-12H2,1-3H3. The average Bonchev–Trinajstić information content (AvgIpc) is 3.16. The first kappa shape index (κ1) is 21.9. The molecule has 0 radical (unpaired) electrons. The van der Waals surface area contributed by atoms with Gasteiger partial charge >= 0.3 is 12.1 Å². The van der Waals surface area contributed by atoms with Crippen LogP contribution in [0.2, 0.25) is 0 Å².